The van der Waals surface area contributed by atoms with Crippen LogP contribution in [-0.2, 0) is 17.8 Å². The summed E-state index contributed by atoms with van der Waals surface area (Å²) in [6, 6.07) is 6.83. The van der Waals surface area contributed by atoms with Gasteiger partial charge in [0, 0.05) is 31.4 Å². The molecule has 0 unspecified atom stereocenters. The van der Waals surface area contributed by atoms with Crippen molar-refractivity contribution in [1.82, 2.24) is 14.9 Å². The minimum absolute atomic E-state index is 0.158. The maximum Gasteiger partial charge on any atom is 0.291 e. The van der Waals surface area contributed by atoms with E-state index in [4.69, 9.17) is 0 Å². The van der Waals surface area contributed by atoms with E-state index in [2.05, 4.69) is 20.9 Å². The van der Waals surface area contributed by atoms with Crippen molar-refractivity contribution in [2.45, 2.75) is 46.1 Å². The van der Waals surface area contributed by atoms with E-state index in [1.807, 2.05) is 11.5 Å². The van der Waals surface area contributed by atoms with Crippen LogP contribution < -0.4 is 16.0 Å². The van der Waals surface area contributed by atoms with Gasteiger partial charge in [-0.2, -0.15) is 0 Å². The molecule has 1 aromatic heterocycles. The monoisotopic (exact) mass is 383 g/mol. The van der Waals surface area contributed by atoms with Gasteiger partial charge in [-0.15, -0.1) is 0 Å². The molecule has 28 heavy (non-hydrogen) atoms. The highest BCUT2D eigenvalue weighted by Gasteiger charge is 2.27. The van der Waals surface area contributed by atoms with E-state index in [0.717, 1.165) is 31.4 Å². The quantitative estimate of drug-likeness (QED) is 0.713. The number of imidazole rings is 1. The smallest absolute Gasteiger partial charge is 0.291 e. The largest absolute Gasteiger partial charge is 0.351 e. The summed E-state index contributed by atoms with van der Waals surface area (Å²) >= 11 is 0. The Kier molecular flexibility index (Phi) is 6.08. The number of nitrogens with one attached hydrogen (secondary N) is 3. The fourth-order valence-electron chi connectivity index (χ4n) is 3.25. The molecule has 0 saturated carbocycles. The molecule has 0 atom stereocenters. The van der Waals surface area contributed by atoms with Gasteiger partial charge >= 0.3 is 0 Å². The van der Waals surface area contributed by atoms with Crippen molar-refractivity contribution < 1.29 is 14.4 Å². The molecule has 3 N–H and O–H groups in total. The summed E-state index contributed by atoms with van der Waals surface area (Å²) in [6.45, 7) is 4.67. The fraction of sp³-hybridized carbons (Fsp3) is 0.400. The number of hydrogen-bond acceptors (Lipinski definition) is 4. The molecule has 3 rings (SSSR count). The molecule has 0 saturated heterocycles. The average Bonchev–Trinajstić information content (AvgIpc) is 3.07. The zero-order chi connectivity index (χ0) is 20.1. The molecule has 8 nitrogen and oxygen atoms in total. The van der Waals surface area contributed by atoms with E-state index < -0.39 is 0 Å². The Hall–Kier alpha value is -3.16. The van der Waals surface area contributed by atoms with Gasteiger partial charge in [0.25, 0.3) is 11.8 Å². The van der Waals surface area contributed by atoms with Crippen LogP contribution >= 0.6 is 0 Å². The van der Waals surface area contributed by atoms with E-state index in [1.165, 1.54) is 6.92 Å². The third kappa shape index (κ3) is 4.39. The zero-order valence-electron chi connectivity index (χ0n) is 16.2. The molecule has 0 aliphatic carbocycles. The number of carbonyl (C=O) groups is 3. The molecule has 3 amide bonds. The summed E-state index contributed by atoms with van der Waals surface area (Å²) in [4.78, 5) is 40.7. The number of anilines is 2. The van der Waals surface area contributed by atoms with Gasteiger partial charge in [-0.05, 0) is 49.9 Å². The highest BCUT2D eigenvalue weighted by molar-refractivity contribution is 6.04. The Bertz CT molecular complexity index is 886. The third-order valence-electron chi connectivity index (χ3n) is 4.53. The van der Waals surface area contributed by atoms with Gasteiger partial charge in [-0.25, -0.2) is 4.98 Å². The van der Waals surface area contributed by atoms with Crippen molar-refractivity contribution in [3.8, 4) is 0 Å². The zero-order valence-corrected chi connectivity index (χ0v) is 16.2. The molecular formula is C20H25N5O3. The van der Waals surface area contributed by atoms with Crippen LogP contribution in [0.15, 0.2) is 24.3 Å². The Labute approximate surface area is 163 Å². The predicted molar refractivity (Wildman–Crippen MR) is 106 cm³/mol. The van der Waals surface area contributed by atoms with E-state index in [-0.39, 0.29) is 23.5 Å². The molecule has 148 valence electrons. The van der Waals surface area contributed by atoms with Crippen LogP contribution in [-0.4, -0.2) is 33.8 Å². The molecule has 0 bridgehead atoms. The van der Waals surface area contributed by atoms with Gasteiger partial charge in [0.15, 0.2) is 5.82 Å². The van der Waals surface area contributed by atoms with Crippen molar-refractivity contribution in [1.29, 1.82) is 0 Å². The lowest BCUT2D eigenvalue weighted by Crippen LogP contribution is -2.26. The van der Waals surface area contributed by atoms with Crippen LogP contribution in [0.3, 0.4) is 0 Å². The van der Waals surface area contributed by atoms with Crippen molar-refractivity contribution in [3.63, 3.8) is 0 Å². The molecule has 2 aromatic rings. The van der Waals surface area contributed by atoms with Crippen LogP contribution in [0.25, 0.3) is 0 Å². The molecule has 1 aliphatic heterocycles. The van der Waals surface area contributed by atoms with Crippen molar-refractivity contribution in [2.24, 2.45) is 0 Å². The molecule has 0 radical (unpaired) electrons. The predicted octanol–water partition coefficient (Wildman–Crippen LogP) is 2.57. The molecule has 0 spiro atoms. The highest BCUT2D eigenvalue weighted by atomic mass is 16.2. The average molecular weight is 383 g/mol. The summed E-state index contributed by atoms with van der Waals surface area (Å²) in [5.74, 6) is -0.492. The Morgan fingerprint density at radius 1 is 1.04 bits per heavy atom. The second-order valence-corrected chi connectivity index (χ2v) is 6.81. The van der Waals surface area contributed by atoms with Gasteiger partial charge in [0.05, 0.1) is 5.69 Å². The van der Waals surface area contributed by atoms with Crippen LogP contribution in [0.4, 0.5) is 11.4 Å². The lowest BCUT2D eigenvalue weighted by molar-refractivity contribution is -0.114. The van der Waals surface area contributed by atoms with Crippen molar-refractivity contribution >= 4 is 29.1 Å². The van der Waals surface area contributed by atoms with Gasteiger partial charge in [0.1, 0.15) is 5.69 Å². The number of aromatic nitrogens is 2. The number of nitrogens with zero attached hydrogens (tertiary/aromatic N) is 2. The molecule has 1 aliphatic rings. The van der Waals surface area contributed by atoms with E-state index in [9.17, 15) is 14.4 Å². The summed E-state index contributed by atoms with van der Waals surface area (Å²) in [5.41, 5.74) is 2.41. The standard InChI is InChI=1S/C20H25N5O3/c1-3-11-21-19(27)17-16-6-4-5-12-25(16)18(24-17)20(28)23-15-9-7-14(8-10-15)22-13(2)26/h7-10H,3-6,11-12H2,1-2H3,(H,21,27)(H,22,26)(H,23,28). The first-order valence-corrected chi connectivity index (χ1v) is 9.56. The van der Waals surface area contributed by atoms with Gasteiger partial charge < -0.3 is 20.5 Å². The molecule has 8 heteroatoms. The first-order chi connectivity index (χ1) is 13.5. The number of benzene rings is 1. The van der Waals surface area contributed by atoms with Crippen molar-refractivity contribution in [2.75, 3.05) is 17.2 Å². The summed E-state index contributed by atoms with van der Waals surface area (Å²) in [5, 5.41) is 8.34. The second kappa shape index (κ2) is 8.69. The van der Waals surface area contributed by atoms with Crippen LogP contribution in [0.1, 0.15) is 59.9 Å². The molecule has 0 fully saturated rings. The van der Waals surface area contributed by atoms with Crippen LogP contribution in [0.2, 0.25) is 0 Å². The Morgan fingerprint density at radius 3 is 2.36 bits per heavy atom. The van der Waals surface area contributed by atoms with E-state index in [0.29, 0.717) is 30.2 Å². The summed E-state index contributed by atoms with van der Waals surface area (Å²) in [7, 11) is 0. The SMILES string of the molecule is CCCNC(=O)c1nc(C(=O)Nc2ccc(NC(C)=O)cc2)n2c1CCCC2. The third-order valence-corrected chi connectivity index (χ3v) is 4.53. The van der Waals surface area contributed by atoms with Crippen LogP contribution in [0, 0.1) is 0 Å². The summed E-state index contributed by atoms with van der Waals surface area (Å²) < 4.78 is 1.85. The van der Waals surface area contributed by atoms with E-state index >= 15 is 0 Å². The Balaban J connectivity index is 1.80. The minimum Gasteiger partial charge on any atom is -0.351 e. The van der Waals surface area contributed by atoms with E-state index in [1.54, 1.807) is 24.3 Å². The topological polar surface area (TPSA) is 105 Å². The number of carbonyl (C=O) groups excluding carboxylic acids is 3. The Morgan fingerprint density at radius 2 is 1.71 bits per heavy atom. The minimum atomic E-state index is -0.357. The van der Waals surface area contributed by atoms with Gasteiger partial charge in [-0.3, -0.25) is 14.4 Å². The maximum atomic E-state index is 12.8. The molecular weight excluding hydrogens is 358 g/mol. The molecule has 1 aromatic carbocycles. The van der Waals surface area contributed by atoms with Crippen molar-refractivity contribution in [3.05, 3.63) is 41.5 Å². The highest BCUT2D eigenvalue weighted by Crippen LogP contribution is 2.22. The van der Waals surface area contributed by atoms with Gasteiger partial charge in [0.2, 0.25) is 5.91 Å². The first-order valence-electron chi connectivity index (χ1n) is 9.56. The van der Waals surface area contributed by atoms with Crippen LogP contribution in [0.5, 0.6) is 0 Å². The molecule has 2 heterocycles. The number of rotatable bonds is 6. The fourth-order valence-corrected chi connectivity index (χ4v) is 3.25. The normalized spacial score (nSPS) is 12.8. The lowest BCUT2D eigenvalue weighted by atomic mass is 10.1. The lowest BCUT2D eigenvalue weighted by Gasteiger charge is -2.17. The first kappa shape index (κ1) is 19.6. The number of hydrogen-bond donors (Lipinski definition) is 3. The number of fused-ring (bicyclic) bond motifs is 1. The number of amides is 3. The van der Waals surface area contributed by atoms with Gasteiger partial charge in [-0.1, -0.05) is 6.92 Å². The maximum absolute atomic E-state index is 12.8. The summed E-state index contributed by atoms with van der Waals surface area (Å²) in [6.07, 6.45) is 3.50. The second-order valence-electron chi connectivity index (χ2n) is 6.81.